The van der Waals surface area contributed by atoms with Gasteiger partial charge in [-0.3, -0.25) is 9.59 Å². The molecule has 1 aromatic carbocycles. The number of anilines is 1. The third-order valence-electron chi connectivity index (χ3n) is 3.87. The summed E-state index contributed by atoms with van der Waals surface area (Å²) in [6, 6.07) is 11.9. The topological polar surface area (TPSA) is 93.2 Å². The molecule has 144 valence electrons. The number of hydrogen-bond donors (Lipinski definition) is 2. The van der Waals surface area contributed by atoms with Crippen molar-refractivity contribution in [3.63, 3.8) is 0 Å². The molecule has 2 heterocycles. The zero-order chi connectivity index (χ0) is 20.1. The zero-order valence-corrected chi connectivity index (χ0v) is 16.2. The van der Waals surface area contributed by atoms with Gasteiger partial charge in [-0.15, -0.1) is 0 Å². The normalized spacial score (nSPS) is 10.5. The lowest BCUT2D eigenvalue weighted by molar-refractivity contribution is 0.0955. The maximum absolute atomic E-state index is 12.7. The highest BCUT2D eigenvalue weighted by atomic mass is 35.5. The lowest BCUT2D eigenvalue weighted by Crippen LogP contribution is -2.23. The maximum atomic E-state index is 12.7. The molecule has 0 atom stereocenters. The van der Waals surface area contributed by atoms with Gasteiger partial charge in [0.05, 0.1) is 22.7 Å². The van der Waals surface area contributed by atoms with Crippen molar-refractivity contribution >= 4 is 40.1 Å². The molecule has 3 rings (SSSR count). The minimum Gasteiger partial charge on any atom is -0.478 e. The van der Waals surface area contributed by atoms with Crippen molar-refractivity contribution in [3.05, 3.63) is 58.7 Å². The van der Waals surface area contributed by atoms with Crippen molar-refractivity contribution in [2.45, 2.75) is 13.8 Å². The molecule has 3 aromatic rings. The fourth-order valence-electron chi connectivity index (χ4n) is 2.67. The predicted molar refractivity (Wildman–Crippen MR) is 108 cm³/mol. The van der Waals surface area contributed by atoms with Crippen LogP contribution in [-0.2, 0) is 0 Å². The monoisotopic (exact) mass is 398 g/mol. The Morgan fingerprint density at radius 3 is 2.61 bits per heavy atom. The van der Waals surface area contributed by atoms with Gasteiger partial charge in [-0.05, 0) is 32.0 Å². The van der Waals surface area contributed by atoms with E-state index < -0.39 is 5.91 Å². The second-order valence-electron chi connectivity index (χ2n) is 5.80. The van der Waals surface area contributed by atoms with E-state index in [2.05, 4.69) is 20.6 Å². The van der Waals surface area contributed by atoms with Crippen molar-refractivity contribution in [1.82, 2.24) is 15.3 Å². The van der Waals surface area contributed by atoms with Crippen LogP contribution in [0.4, 0.5) is 5.82 Å². The SMILES string of the molecule is CCNC(=O)c1cc(NC(=O)c2nc(OCC)ccc2Cl)nc2ccccc12. The van der Waals surface area contributed by atoms with Crippen LogP contribution < -0.4 is 15.4 Å². The lowest BCUT2D eigenvalue weighted by Gasteiger charge is -2.11. The first kappa shape index (κ1) is 19.6. The first-order valence-electron chi connectivity index (χ1n) is 8.82. The number of nitrogens with one attached hydrogen (secondary N) is 2. The first-order chi connectivity index (χ1) is 13.5. The smallest absolute Gasteiger partial charge is 0.277 e. The van der Waals surface area contributed by atoms with Crippen molar-refractivity contribution in [2.24, 2.45) is 0 Å². The highest BCUT2D eigenvalue weighted by Gasteiger charge is 2.17. The number of carbonyl (C=O) groups excluding carboxylic acids is 2. The van der Waals surface area contributed by atoms with Crippen LogP contribution in [0, 0.1) is 0 Å². The van der Waals surface area contributed by atoms with Crippen LogP contribution in [0.1, 0.15) is 34.7 Å². The second-order valence-corrected chi connectivity index (χ2v) is 6.21. The van der Waals surface area contributed by atoms with Crippen LogP contribution in [0.3, 0.4) is 0 Å². The molecule has 0 aliphatic carbocycles. The third kappa shape index (κ3) is 4.20. The van der Waals surface area contributed by atoms with Gasteiger partial charge in [-0.25, -0.2) is 9.97 Å². The molecular weight excluding hydrogens is 380 g/mol. The molecule has 8 heteroatoms. The van der Waals surface area contributed by atoms with Gasteiger partial charge in [0.2, 0.25) is 5.88 Å². The van der Waals surface area contributed by atoms with Gasteiger partial charge < -0.3 is 15.4 Å². The van der Waals surface area contributed by atoms with Gasteiger partial charge in [-0.2, -0.15) is 0 Å². The Balaban J connectivity index is 1.97. The molecule has 2 amide bonds. The van der Waals surface area contributed by atoms with Crippen molar-refractivity contribution in [2.75, 3.05) is 18.5 Å². The molecule has 0 saturated carbocycles. The van der Waals surface area contributed by atoms with Crippen LogP contribution in [0.25, 0.3) is 10.9 Å². The van der Waals surface area contributed by atoms with E-state index in [9.17, 15) is 9.59 Å². The van der Waals surface area contributed by atoms with E-state index in [1.165, 1.54) is 6.07 Å². The second kappa shape index (κ2) is 8.67. The minimum absolute atomic E-state index is 0.0159. The standard InChI is InChI=1S/C20H19ClN4O3/c1-3-22-19(26)13-11-16(23-15-8-6-5-7-12(13)15)24-20(27)18-14(21)9-10-17(25-18)28-4-2/h5-11H,3-4H2,1-2H3,(H,22,26)(H,23,24,27). The number of aromatic nitrogens is 2. The fraction of sp³-hybridized carbons (Fsp3) is 0.200. The number of benzene rings is 1. The molecule has 0 radical (unpaired) electrons. The van der Waals surface area contributed by atoms with Gasteiger partial charge >= 0.3 is 0 Å². The molecular formula is C20H19ClN4O3. The first-order valence-corrected chi connectivity index (χ1v) is 9.20. The summed E-state index contributed by atoms with van der Waals surface area (Å²) in [7, 11) is 0. The summed E-state index contributed by atoms with van der Waals surface area (Å²) in [6.45, 7) is 4.56. The number of amides is 2. The van der Waals surface area contributed by atoms with Gasteiger partial charge in [0, 0.05) is 18.0 Å². The van der Waals surface area contributed by atoms with Crippen LogP contribution in [0.5, 0.6) is 5.88 Å². The van der Waals surface area contributed by atoms with Gasteiger partial charge in [0.25, 0.3) is 11.8 Å². The van der Waals surface area contributed by atoms with Gasteiger partial charge in [0.15, 0.2) is 5.69 Å². The number of fused-ring (bicyclic) bond motifs is 1. The number of rotatable bonds is 6. The van der Waals surface area contributed by atoms with E-state index >= 15 is 0 Å². The van der Waals surface area contributed by atoms with E-state index in [0.29, 0.717) is 35.5 Å². The number of hydrogen-bond acceptors (Lipinski definition) is 5. The number of pyridine rings is 2. The summed E-state index contributed by atoms with van der Waals surface area (Å²) in [4.78, 5) is 33.7. The Labute approximate surface area is 167 Å². The summed E-state index contributed by atoms with van der Waals surface area (Å²) in [5.74, 6) is -0.265. The molecule has 0 saturated heterocycles. The number of ether oxygens (including phenoxy) is 1. The molecule has 0 unspecified atom stereocenters. The molecule has 0 aliphatic heterocycles. The maximum Gasteiger partial charge on any atom is 0.277 e. The summed E-state index contributed by atoms with van der Waals surface area (Å²) in [5.41, 5.74) is 1.02. The van der Waals surface area contributed by atoms with E-state index in [4.69, 9.17) is 16.3 Å². The van der Waals surface area contributed by atoms with Crippen molar-refractivity contribution in [1.29, 1.82) is 0 Å². The Morgan fingerprint density at radius 1 is 1.07 bits per heavy atom. The summed E-state index contributed by atoms with van der Waals surface area (Å²) in [6.07, 6.45) is 0. The quantitative estimate of drug-likeness (QED) is 0.660. The fourth-order valence-corrected chi connectivity index (χ4v) is 2.86. The number of nitrogens with zero attached hydrogens (tertiary/aromatic N) is 2. The molecule has 0 fully saturated rings. The minimum atomic E-state index is -0.545. The van der Waals surface area contributed by atoms with Gasteiger partial charge in [0.1, 0.15) is 5.82 Å². The van der Waals surface area contributed by atoms with Crippen LogP contribution in [0.2, 0.25) is 5.02 Å². The van der Waals surface area contributed by atoms with Crippen LogP contribution in [0.15, 0.2) is 42.5 Å². The van der Waals surface area contributed by atoms with Crippen LogP contribution >= 0.6 is 11.6 Å². The highest BCUT2D eigenvalue weighted by molar-refractivity contribution is 6.34. The average Bonchev–Trinajstić information content (AvgIpc) is 2.69. The number of para-hydroxylation sites is 1. The van der Waals surface area contributed by atoms with E-state index in [-0.39, 0.29) is 22.4 Å². The van der Waals surface area contributed by atoms with E-state index in [1.54, 1.807) is 18.2 Å². The van der Waals surface area contributed by atoms with E-state index in [1.807, 2.05) is 32.0 Å². The largest absolute Gasteiger partial charge is 0.478 e. The molecule has 0 bridgehead atoms. The van der Waals surface area contributed by atoms with Crippen molar-refractivity contribution in [3.8, 4) is 5.88 Å². The van der Waals surface area contributed by atoms with E-state index in [0.717, 1.165) is 0 Å². The van der Waals surface area contributed by atoms with Crippen molar-refractivity contribution < 1.29 is 14.3 Å². The number of halogens is 1. The molecule has 2 N–H and O–H groups in total. The molecule has 2 aromatic heterocycles. The Kier molecular flexibility index (Phi) is 6.06. The lowest BCUT2D eigenvalue weighted by atomic mass is 10.1. The highest BCUT2D eigenvalue weighted by Crippen LogP contribution is 2.23. The average molecular weight is 399 g/mol. The van der Waals surface area contributed by atoms with Crippen LogP contribution in [-0.4, -0.2) is 34.9 Å². The summed E-state index contributed by atoms with van der Waals surface area (Å²) < 4.78 is 5.32. The zero-order valence-electron chi connectivity index (χ0n) is 15.5. The number of carbonyl (C=O) groups is 2. The molecule has 0 spiro atoms. The third-order valence-corrected chi connectivity index (χ3v) is 4.17. The molecule has 7 nitrogen and oxygen atoms in total. The predicted octanol–water partition coefficient (Wildman–Crippen LogP) is 3.68. The Hall–Kier alpha value is -3.19. The van der Waals surface area contributed by atoms with Gasteiger partial charge in [-0.1, -0.05) is 29.8 Å². The molecule has 0 aliphatic rings. The Morgan fingerprint density at radius 2 is 1.86 bits per heavy atom. The Bertz CT molecular complexity index is 1040. The summed E-state index contributed by atoms with van der Waals surface area (Å²) >= 11 is 6.11. The summed E-state index contributed by atoms with van der Waals surface area (Å²) in [5, 5.41) is 6.31. The molecule has 28 heavy (non-hydrogen) atoms.